The van der Waals surface area contributed by atoms with Crippen molar-refractivity contribution in [1.82, 2.24) is 9.78 Å². The van der Waals surface area contributed by atoms with Gasteiger partial charge in [0.25, 0.3) is 0 Å². The Balaban J connectivity index is 2.27. The number of aryl methyl sites for hydroxylation is 1. The molecule has 0 bridgehead atoms. The fourth-order valence-corrected chi connectivity index (χ4v) is 2.08. The van der Waals surface area contributed by atoms with Gasteiger partial charge in [-0.15, -0.1) is 11.8 Å². The Bertz CT molecular complexity index is 461. The molecule has 0 aliphatic heterocycles. The largest absolute Gasteiger partial charge is 0.319 e. The average Bonchev–Trinajstić information content (AvgIpc) is 2.75. The molecule has 2 rings (SSSR count). The molecule has 1 aromatic carbocycles. The third-order valence-electron chi connectivity index (χ3n) is 2.65. The van der Waals surface area contributed by atoms with Crippen LogP contribution in [0.5, 0.6) is 0 Å². The standard InChI is InChI=1S/C12H15N3S/c1-15-11(7-8-14-15)12(13)9-3-5-10(16-2)6-4-9/h3-8,12H,13H2,1-2H3. The van der Waals surface area contributed by atoms with Crippen molar-refractivity contribution in [3.8, 4) is 0 Å². The van der Waals surface area contributed by atoms with Gasteiger partial charge in [-0.3, -0.25) is 4.68 Å². The number of nitrogens with zero attached hydrogens (tertiary/aromatic N) is 2. The molecular weight excluding hydrogens is 218 g/mol. The second-order valence-electron chi connectivity index (χ2n) is 3.63. The van der Waals surface area contributed by atoms with E-state index in [1.807, 2.05) is 17.8 Å². The van der Waals surface area contributed by atoms with Crippen molar-refractivity contribution < 1.29 is 0 Å². The highest BCUT2D eigenvalue weighted by Gasteiger charge is 2.11. The van der Waals surface area contributed by atoms with Crippen molar-refractivity contribution in [2.45, 2.75) is 10.9 Å². The highest BCUT2D eigenvalue weighted by molar-refractivity contribution is 7.98. The van der Waals surface area contributed by atoms with Crippen LogP contribution in [0.3, 0.4) is 0 Å². The van der Waals surface area contributed by atoms with E-state index in [1.54, 1.807) is 18.0 Å². The molecular formula is C12H15N3S. The SMILES string of the molecule is CSc1ccc(C(N)c2ccnn2C)cc1. The molecule has 0 fully saturated rings. The van der Waals surface area contributed by atoms with Crippen molar-refractivity contribution in [2.24, 2.45) is 12.8 Å². The van der Waals surface area contributed by atoms with Crippen LogP contribution in [0.2, 0.25) is 0 Å². The highest BCUT2D eigenvalue weighted by Crippen LogP contribution is 2.21. The Morgan fingerprint density at radius 2 is 1.94 bits per heavy atom. The third kappa shape index (κ3) is 2.13. The predicted octanol–water partition coefficient (Wildman–Crippen LogP) is 2.19. The summed E-state index contributed by atoms with van der Waals surface area (Å²) in [6, 6.07) is 10.2. The Morgan fingerprint density at radius 3 is 2.44 bits per heavy atom. The van der Waals surface area contributed by atoms with Gasteiger partial charge in [-0.25, -0.2) is 0 Å². The molecule has 1 aromatic heterocycles. The van der Waals surface area contributed by atoms with Crippen LogP contribution in [0.15, 0.2) is 41.4 Å². The number of nitrogens with two attached hydrogens (primary N) is 1. The van der Waals surface area contributed by atoms with Gasteiger partial charge in [-0.05, 0) is 30.0 Å². The molecule has 1 unspecified atom stereocenters. The number of aromatic nitrogens is 2. The van der Waals surface area contributed by atoms with E-state index < -0.39 is 0 Å². The van der Waals surface area contributed by atoms with Crippen LogP contribution in [0.25, 0.3) is 0 Å². The number of hydrogen-bond donors (Lipinski definition) is 1. The molecule has 2 aromatic rings. The molecule has 2 N–H and O–H groups in total. The van der Waals surface area contributed by atoms with E-state index in [-0.39, 0.29) is 6.04 Å². The van der Waals surface area contributed by atoms with Gasteiger partial charge in [0, 0.05) is 18.1 Å². The molecule has 1 atom stereocenters. The number of benzene rings is 1. The summed E-state index contributed by atoms with van der Waals surface area (Å²) in [5.74, 6) is 0. The third-order valence-corrected chi connectivity index (χ3v) is 3.40. The average molecular weight is 233 g/mol. The first-order valence-corrected chi connectivity index (χ1v) is 6.32. The molecule has 0 aliphatic carbocycles. The van der Waals surface area contributed by atoms with Crippen LogP contribution in [0.1, 0.15) is 17.3 Å². The van der Waals surface area contributed by atoms with E-state index in [4.69, 9.17) is 5.73 Å². The van der Waals surface area contributed by atoms with Gasteiger partial charge in [-0.2, -0.15) is 5.10 Å². The van der Waals surface area contributed by atoms with Gasteiger partial charge < -0.3 is 5.73 Å². The minimum absolute atomic E-state index is 0.108. The van der Waals surface area contributed by atoms with Gasteiger partial charge in [0.2, 0.25) is 0 Å². The first-order valence-electron chi connectivity index (χ1n) is 5.10. The van der Waals surface area contributed by atoms with Crippen LogP contribution in [0.4, 0.5) is 0 Å². The van der Waals surface area contributed by atoms with Gasteiger partial charge in [0.15, 0.2) is 0 Å². The number of hydrogen-bond acceptors (Lipinski definition) is 3. The summed E-state index contributed by atoms with van der Waals surface area (Å²) < 4.78 is 1.81. The van der Waals surface area contributed by atoms with Gasteiger partial charge in [0.1, 0.15) is 0 Å². The molecule has 4 heteroatoms. The molecule has 0 spiro atoms. The summed E-state index contributed by atoms with van der Waals surface area (Å²) in [5.41, 5.74) is 8.32. The van der Waals surface area contributed by atoms with Crippen molar-refractivity contribution in [2.75, 3.05) is 6.26 Å². The zero-order chi connectivity index (χ0) is 11.5. The first kappa shape index (κ1) is 11.2. The minimum Gasteiger partial charge on any atom is -0.319 e. The summed E-state index contributed by atoms with van der Waals surface area (Å²) in [4.78, 5) is 1.25. The predicted molar refractivity (Wildman–Crippen MR) is 67.5 cm³/mol. The van der Waals surface area contributed by atoms with Gasteiger partial charge in [0.05, 0.1) is 11.7 Å². The minimum atomic E-state index is -0.108. The first-order chi connectivity index (χ1) is 7.72. The number of rotatable bonds is 3. The topological polar surface area (TPSA) is 43.8 Å². The van der Waals surface area contributed by atoms with Crippen LogP contribution in [-0.4, -0.2) is 16.0 Å². The van der Waals surface area contributed by atoms with Crippen molar-refractivity contribution in [3.05, 3.63) is 47.8 Å². The summed E-state index contributed by atoms with van der Waals surface area (Å²) in [6.07, 6.45) is 3.83. The Kier molecular flexibility index (Phi) is 3.31. The lowest BCUT2D eigenvalue weighted by Crippen LogP contribution is -2.15. The summed E-state index contributed by atoms with van der Waals surface area (Å²) in [5, 5.41) is 4.13. The molecule has 1 heterocycles. The quantitative estimate of drug-likeness (QED) is 0.826. The van der Waals surface area contributed by atoms with E-state index in [0.29, 0.717) is 0 Å². The lowest BCUT2D eigenvalue weighted by molar-refractivity contribution is 0.673. The maximum atomic E-state index is 6.19. The van der Waals surface area contributed by atoms with Crippen molar-refractivity contribution in [1.29, 1.82) is 0 Å². The second-order valence-corrected chi connectivity index (χ2v) is 4.51. The summed E-state index contributed by atoms with van der Waals surface area (Å²) >= 11 is 1.73. The van der Waals surface area contributed by atoms with Crippen LogP contribution >= 0.6 is 11.8 Å². The Hall–Kier alpha value is -1.26. The lowest BCUT2D eigenvalue weighted by Gasteiger charge is -2.12. The van der Waals surface area contributed by atoms with Crippen molar-refractivity contribution in [3.63, 3.8) is 0 Å². The molecule has 3 nitrogen and oxygen atoms in total. The lowest BCUT2D eigenvalue weighted by atomic mass is 10.1. The molecule has 0 saturated heterocycles. The summed E-state index contributed by atoms with van der Waals surface area (Å²) in [7, 11) is 1.91. The smallest absolute Gasteiger partial charge is 0.0723 e. The molecule has 16 heavy (non-hydrogen) atoms. The van der Waals surface area contributed by atoms with Crippen molar-refractivity contribution >= 4 is 11.8 Å². The van der Waals surface area contributed by atoms with Crippen LogP contribution in [-0.2, 0) is 7.05 Å². The summed E-state index contributed by atoms with van der Waals surface area (Å²) in [6.45, 7) is 0. The van der Waals surface area contributed by atoms with E-state index in [0.717, 1.165) is 11.3 Å². The van der Waals surface area contributed by atoms with E-state index in [1.165, 1.54) is 4.90 Å². The van der Waals surface area contributed by atoms with E-state index >= 15 is 0 Å². The maximum Gasteiger partial charge on any atom is 0.0723 e. The molecule has 0 aliphatic rings. The van der Waals surface area contributed by atoms with Gasteiger partial charge >= 0.3 is 0 Å². The Morgan fingerprint density at radius 1 is 1.25 bits per heavy atom. The highest BCUT2D eigenvalue weighted by atomic mass is 32.2. The monoisotopic (exact) mass is 233 g/mol. The zero-order valence-corrected chi connectivity index (χ0v) is 10.2. The van der Waals surface area contributed by atoms with Crippen LogP contribution in [0, 0.1) is 0 Å². The van der Waals surface area contributed by atoms with Crippen LogP contribution < -0.4 is 5.73 Å². The Labute approximate surface area is 99.7 Å². The van der Waals surface area contributed by atoms with E-state index in [2.05, 4.69) is 35.6 Å². The fraction of sp³-hybridized carbons (Fsp3) is 0.250. The maximum absolute atomic E-state index is 6.19. The van der Waals surface area contributed by atoms with Gasteiger partial charge in [-0.1, -0.05) is 12.1 Å². The molecule has 0 radical (unpaired) electrons. The zero-order valence-electron chi connectivity index (χ0n) is 9.42. The fourth-order valence-electron chi connectivity index (χ4n) is 1.67. The molecule has 0 saturated carbocycles. The number of thioether (sulfide) groups is 1. The molecule has 84 valence electrons. The molecule has 0 amide bonds. The van der Waals surface area contributed by atoms with E-state index in [9.17, 15) is 0 Å². The second kappa shape index (κ2) is 4.72. The normalized spacial score (nSPS) is 12.7.